The number of methoxy groups -OCH3 is 1. The Labute approximate surface area is 173 Å². The van der Waals surface area contributed by atoms with Crippen LogP contribution in [0.3, 0.4) is 0 Å². The van der Waals surface area contributed by atoms with Gasteiger partial charge in [-0.3, -0.25) is 4.79 Å². The largest absolute Gasteiger partial charge is 0.497 e. The average Bonchev–Trinajstić information content (AvgIpc) is 3.11. The highest BCUT2D eigenvalue weighted by Gasteiger charge is 2.11. The number of hydrogen-bond acceptors (Lipinski definition) is 3. The Kier molecular flexibility index (Phi) is 7.68. The second kappa shape index (κ2) is 10.6. The van der Waals surface area contributed by atoms with Gasteiger partial charge in [-0.05, 0) is 36.8 Å². The fraction of sp³-hybridized carbons (Fsp3) is 0.417. The van der Waals surface area contributed by atoms with Crippen molar-refractivity contribution >= 4 is 16.9 Å². The van der Waals surface area contributed by atoms with E-state index in [-0.39, 0.29) is 5.91 Å². The number of hydrogen-bond donors (Lipinski definition) is 1. The maximum absolute atomic E-state index is 12.4. The molecule has 0 spiro atoms. The van der Waals surface area contributed by atoms with Crippen molar-refractivity contribution in [2.24, 2.45) is 0 Å². The average molecular weight is 394 g/mol. The fourth-order valence-corrected chi connectivity index (χ4v) is 3.59. The number of unbranched alkanes of at least 4 members (excludes halogenated alkanes) is 4. The summed E-state index contributed by atoms with van der Waals surface area (Å²) in [5.41, 5.74) is 2.81. The van der Waals surface area contributed by atoms with Gasteiger partial charge in [-0.25, -0.2) is 4.98 Å². The van der Waals surface area contributed by atoms with Crippen molar-refractivity contribution in [3.8, 4) is 5.75 Å². The Morgan fingerprint density at radius 1 is 1.07 bits per heavy atom. The number of benzene rings is 2. The number of fused-ring (bicyclic) bond motifs is 1. The second-order valence-corrected chi connectivity index (χ2v) is 7.32. The van der Waals surface area contributed by atoms with E-state index in [4.69, 9.17) is 9.72 Å². The van der Waals surface area contributed by atoms with Gasteiger partial charge in [0.25, 0.3) is 5.91 Å². The van der Waals surface area contributed by atoms with Crippen molar-refractivity contribution in [2.75, 3.05) is 13.7 Å². The summed E-state index contributed by atoms with van der Waals surface area (Å²) in [4.78, 5) is 17.3. The lowest BCUT2D eigenvalue weighted by atomic mass is 10.1. The Bertz CT molecular complexity index is 933. The number of amides is 1. The van der Waals surface area contributed by atoms with E-state index in [2.05, 4.69) is 35.0 Å². The molecule has 0 atom stereocenters. The van der Waals surface area contributed by atoms with Crippen LogP contribution >= 0.6 is 0 Å². The van der Waals surface area contributed by atoms with Crippen molar-refractivity contribution < 1.29 is 9.53 Å². The van der Waals surface area contributed by atoms with Gasteiger partial charge >= 0.3 is 0 Å². The Balaban J connectivity index is 1.62. The van der Waals surface area contributed by atoms with Gasteiger partial charge in [0, 0.05) is 25.1 Å². The van der Waals surface area contributed by atoms with E-state index in [9.17, 15) is 4.79 Å². The summed E-state index contributed by atoms with van der Waals surface area (Å²) in [6.07, 6.45) is 6.95. The predicted molar refractivity (Wildman–Crippen MR) is 118 cm³/mol. The lowest BCUT2D eigenvalue weighted by Gasteiger charge is -2.10. The highest BCUT2D eigenvalue weighted by Crippen LogP contribution is 2.18. The number of nitrogens with zero attached hydrogens (tertiary/aromatic N) is 2. The maximum Gasteiger partial charge on any atom is 0.251 e. The molecule has 5 heteroatoms. The van der Waals surface area contributed by atoms with Crippen molar-refractivity contribution in [1.29, 1.82) is 0 Å². The van der Waals surface area contributed by atoms with Gasteiger partial charge in [-0.2, -0.15) is 0 Å². The summed E-state index contributed by atoms with van der Waals surface area (Å²) in [7, 11) is 1.60. The summed E-state index contributed by atoms with van der Waals surface area (Å²) in [6.45, 7) is 3.76. The summed E-state index contributed by atoms with van der Waals surface area (Å²) in [5.74, 6) is 1.63. The molecule has 3 aromatic rings. The zero-order valence-corrected chi connectivity index (χ0v) is 17.5. The number of para-hydroxylation sites is 2. The molecule has 1 amide bonds. The van der Waals surface area contributed by atoms with E-state index < -0.39 is 0 Å². The zero-order valence-electron chi connectivity index (χ0n) is 17.5. The first kappa shape index (κ1) is 20.9. The smallest absolute Gasteiger partial charge is 0.251 e. The molecule has 0 bridgehead atoms. The van der Waals surface area contributed by atoms with E-state index >= 15 is 0 Å². The molecule has 0 saturated carbocycles. The quantitative estimate of drug-likeness (QED) is 0.467. The molecule has 2 aromatic carbocycles. The Morgan fingerprint density at radius 2 is 1.90 bits per heavy atom. The fourth-order valence-electron chi connectivity index (χ4n) is 3.59. The van der Waals surface area contributed by atoms with Crippen LogP contribution < -0.4 is 10.1 Å². The van der Waals surface area contributed by atoms with Gasteiger partial charge in [-0.15, -0.1) is 0 Å². The highest BCUT2D eigenvalue weighted by molar-refractivity contribution is 5.94. The molecule has 0 fully saturated rings. The number of nitrogens with one attached hydrogen (secondary N) is 1. The number of carbonyl (C=O) groups excluding carboxylic acids is 1. The van der Waals surface area contributed by atoms with Crippen LogP contribution in [0.1, 0.15) is 55.2 Å². The highest BCUT2D eigenvalue weighted by atomic mass is 16.5. The monoisotopic (exact) mass is 393 g/mol. The summed E-state index contributed by atoms with van der Waals surface area (Å²) < 4.78 is 7.52. The lowest BCUT2D eigenvalue weighted by Crippen LogP contribution is -2.26. The van der Waals surface area contributed by atoms with Gasteiger partial charge in [0.05, 0.1) is 18.1 Å². The van der Waals surface area contributed by atoms with Crippen molar-refractivity contribution in [2.45, 2.75) is 52.0 Å². The molecule has 1 heterocycles. The zero-order chi connectivity index (χ0) is 20.5. The molecule has 3 rings (SSSR count). The number of ether oxygens (including phenoxy) is 1. The van der Waals surface area contributed by atoms with Gasteiger partial charge in [-0.1, -0.05) is 50.8 Å². The summed E-state index contributed by atoms with van der Waals surface area (Å²) >= 11 is 0. The third-order valence-corrected chi connectivity index (χ3v) is 5.18. The van der Waals surface area contributed by atoms with Crippen LogP contribution in [0.15, 0.2) is 48.5 Å². The Hall–Kier alpha value is -2.82. The minimum Gasteiger partial charge on any atom is -0.497 e. The van der Waals surface area contributed by atoms with E-state index in [1.54, 1.807) is 19.2 Å². The van der Waals surface area contributed by atoms with E-state index in [1.807, 2.05) is 18.2 Å². The molecule has 0 radical (unpaired) electrons. The number of rotatable bonds is 11. The molecule has 1 N–H and O–H groups in total. The van der Waals surface area contributed by atoms with Crippen LogP contribution in [-0.4, -0.2) is 29.1 Å². The van der Waals surface area contributed by atoms with Gasteiger partial charge in [0.1, 0.15) is 11.6 Å². The van der Waals surface area contributed by atoms with Crippen molar-refractivity contribution in [1.82, 2.24) is 14.9 Å². The molecule has 0 aliphatic carbocycles. The van der Waals surface area contributed by atoms with Crippen LogP contribution in [0.4, 0.5) is 0 Å². The number of carbonyl (C=O) groups is 1. The first-order valence-electron chi connectivity index (χ1n) is 10.6. The van der Waals surface area contributed by atoms with Crippen LogP contribution in [0.25, 0.3) is 11.0 Å². The normalized spacial score (nSPS) is 11.0. The molecular formula is C24H31N3O2. The van der Waals surface area contributed by atoms with Gasteiger partial charge in [0.2, 0.25) is 0 Å². The van der Waals surface area contributed by atoms with E-state index in [0.717, 1.165) is 24.3 Å². The molecule has 0 unspecified atom stereocenters. The topological polar surface area (TPSA) is 56.2 Å². The third kappa shape index (κ3) is 5.59. The summed E-state index contributed by atoms with van der Waals surface area (Å²) in [5, 5.41) is 3.01. The van der Waals surface area contributed by atoms with Gasteiger partial charge in [0.15, 0.2) is 0 Å². The molecule has 1 aromatic heterocycles. The maximum atomic E-state index is 12.4. The Morgan fingerprint density at radius 3 is 2.72 bits per heavy atom. The van der Waals surface area contributed by atoms with Crippen molar-refractivity contribution in [3.63, 3.8) is 0 Å². The van der Waals surface area contributed by atoms with Crippen LogP contribution in [0.2, 0.25) is 0 Å². The third-order valence-electron chi connectivity index (χ3n) is 5.18. The molecule has 0 aliphatic rings. The number of imidazole rings is 1. The first-order valence-corrected chi connectivity index (χ1v) is 10.6. The van der Waals surface area contributed by atoms with Crippen LogP contribution in [0, 0.1) is 0 Å². The summed E-state index contributed by atoms with van der Waals surface area (Å²) in [6, 6.07) is 15.5. The van der Waals surface area contributed by atoms with E-state index in [1.165, 1.54) is 31.2 Å². The standard InChI is InChI=1S/C24H31N3O2/c1-3-4-5-6-9-17-27-22-14-8-7-13-21(22)26-23(27)15-16-25-24(28)19-11-10-12-20(18-19)29-2/h7-8,10-14,18H,3-6,9,15-17H2,1-2H3,(H,25,28). The minimum absolute atomic E-state index is 0.0915. The molecular weight excluding hydrogens is 362 g/mol. The SMILES string of the molecule is CCCCCCCn1c(CCNC(=O)c2cccc(OC)c2)nc2ccccc21. The molecule has 0 saturated heterocycles. The van der Waals surface area contributed by atoms with Crippen LogP contribution in [0.5, 0.6) is 5.75 Å². The van der Waals surface area contributed by atoms with Crippen LogP contribution in [-0.2, 0) is 13.0 Å². The molecule has 29 heavy (non-hydrogen) atoms. The minimum atomic E-state index is -0.0915. The molecule has 0 aliphatic heterocycles. The predicted octanol–water partition coefficient (Wildman–Crippen LogP) is 4.99. The molecule has 154 valence electrons. The second-order valence-electron chi connectivity index (χ2n) is 7.32. The van der Waals surface area contributed by atoms with Crippen molar-refractivity contribution in [3.05, 3.63) is 59.9 Å². The molecule has 5 nitrogen and oxygen atoms in total. The van der Waals surface area contributed by atoms with E-state index in [0.29, 0.717) is 24.3 Å². The lowest BCUT2D eigenvalue weighted by molar-refractivity contribution is 0.0953. The van der Waals surface area contributed by atoms with Gasteiger partial charge < -0.3 is 14.6 Å². The first-order chi connectivity index (χ1) is 14.2. The number of aromatic nitrogens is 2. The number of aryl methyl sites for hydroxylation is 1.